The molecule has 0 radical (unpaired) electrons. The van der Waals surface area contributed by atoms with E-state index in [1.54, 1.807) is 11.9 Å². The van der Waals surface area contributed by atoms with Gasteiger partial charge in [-0.3, -0.25) is 9.59 Å². The molecule has 0 saturated heterocycles. The smallest absolute Gasteiger partial charge is 0.228 e. The van der Waals surface area contributed by atoms with E-state index in [0.29, 0.717) is 25.3 Å². The summed E-state index contributed by atoms with van der Waals surface area (Å²) >= 11 is 0. The molecule has 3 rings (SSSR count). The fourth-order valence-electron chi connectivity index (χ4n) is 3.09. The number of likely N-dealkylation sites (N-methyl/N-ethyl adjacent to an activating group) is 1. The van der Waals surface area contributed by atoms with Crippen LogP contribution in [-0.4, -0.2) is 41.5 Å². The van der Waals surface area contributed by atoms with Crippen molar-refractivity contribution in [3.05, 3.63) is 29.3 Å². The molecule has 1 heterocycles. The summed E-state index contributed by atoms with van der Waals surface area (Å²) in [4.78, 5) is 25.1. The number of aryl methyl sites for hydroxylation is 1. The Bertz CT molecular complexity index is 610. The van der Waals surface area contributed by atoms with Crippen LogP contribution in [0.4, 0.5) is 5.69 Å². The van der Waals surface area contributed by atoms with Gasteiger partial charge in [-0.2, -0.15) is 0 Å². The summed E-state index contributed by atoms with van der Waals surface area (Å²) in [5, 5.41) is 12.7. The quantitative estimate of drug-likeness (QED) is 0.805. The highest BCUT2D eigenvalue weighted by molar-refractivity contribution is 5.99. The van der Waals surface area contributed by atoms with E-state index in [2.05, 4.69) is 11.4 Å². The average molecular weight is 316 g/mol. The highest BCUT2D eigenvalue weighted by Crippen LogP contribution is 2.32. The molecule has 0 bridgehead atoms. The highest BCUT2D eigenvalue weighted by atomic mass is 16.3. The number of carbonyl (C=O) groups is 2. The SMILES string of the molecule is CN(CC(O)C1CC1)C(=O)CCCc1ccc2c(c1)CC(=O)N2. The van der Waals surface area contributed by atoms with E-state index in [4.69, 9.17) is 0 Å². The van der Waals surface area contributed by atoms with Crippen molar-refractivity contribution < 1.29 is 14.7 Å². The standard InChI is InChI=1S/C18H24N2O3/c1-20(11-16(21)13-6-7-13)18(23)4-2-3-12-5-8-15-14(9-12)10-17(22)19-15/h5,8-9,13,16,21H,2-4,6-7,10-11H2,1H3,(H,19,22). The lowest BCUT2D eigenvalue weighted by atomic mass is 10.0. The number of aliphatic hydroxyl groups is 1. The number of fused-ring (bicyclic) bond motifs is 1. The number of benzene rings is 1. The maximum Gasteiger partial charge on any atom is 0.228 e. The first-order valence-corrected chi connectivity index (χ1v) is 8.36. The first-order chi connectivity index (χ1) is 11.0. The number of aliphatic hydroxyl groups excluding tert-OH is 1. The van der Waals surface area contributed by atoms with Gasteiger partial charge in [0.2, 0.25) is 11.8 Å². The van der Waals surface area contributed by atoms with Gasteiger partial charge in [-0.05, 0) is 48.8 Å². The van der Waals surface area contributed by atoms with Gasteiger partial charge < -0.3 is 15.3 Å². The van der Waals surface area contributed by atoms with E-state index in [1.165, 1.54) is 0 Å². The van der Waals surface area contributed by atoms with Crippen LogP contribution in [0.5, 0.6) is 0 Å². The average Bonchev–Trinajstić information content (AvgIpc) is 3.29. The zero-order chi connectivity index (χ0) is 16.4. The van der Waals surface area contributed by atoms with E-state index < -0.39 is 0 Å². The lowest BCUT2D eigenvalue weighted by Gasteiger charge is -2.20. The summed E-state index contributed by atoms with van der Waals surface area (Å²) in [6, 6.07) is 6.00. The second-order valence-electron chi connectivity index (χ2n) is 6.75. The second kappa shape index (κ2) is 6.71. The molecule has 124 valence electrons. The number of amides is 2. The van der Waals surface area contributed by atoms with Gasteiger partial charge in [0.1, 0.15) is 0 Å². The summed E-state index contributed by atoms with van der Waals surface area (Å²) in [7, 11) is 1.76. The molecule has 1 aliphatic heterocycles. The van der Waals surface area contributed by atoms with Gasteiger partial charge in [0.05, 0.1) is 12.5 Å². The van der Waals surface area contributed by atoms with Crippen molar-refractivity contribution in [1.29, 1.82) is 0 Å². The molecule has 1 unspecified atom stereocenters. The second-order valence-corrected chi connectivity index (χ2v) is 6.75. The van der Waals surface area contributed by atoms with Crippen molar-refractivity contribution in [2.24, 2.45) is 5.92 Å². The molecule has 2 amide bonds. The van der Waals surface area contributed by atoms with Crippen molar-refractivity contribution in [1.82, 2.24) is 4.90 Å². The maximum absolute atomic E-state index is 12.1. The Balaban J connectivity index is 1.43. The molecule has 5 nitrogen and oxygen atoms in total. The third kappa shape index (κ3) is 4.10. The number of nitrogens with zero attached hydrogens (tertiary/aromatic N) is 1. The molecule has 1 atom stereocenters. The molecule has 1 aromatic carbocycles. The van der Waals surface area contributed by atoms with Gasteiger partial charge in [0.25, 0.3) is 0 Å². The predicted octanol–water partition coefficient (Wildman–Crippen LogP) is 1.73. The van der Waals surface area contributed by atoms with Crippen LogP contribution in [0.3, 0.4) is 0 Å². The van der Waals surface area contributed by atoms with Gasteiger partial charge in [-0.15, -0.1) is 0 Å². The van der Waals surface area contributed by atoms with Crippen LogP contribution < -0.4 is 5.32 Å². The molecule has 1 aromatic rings. The third-order valence-electron chi connectivity index (χ3n) is 4.70. The monoisotopic (exact) mass is 316 g/mol. The molecule has 5 heteroatoms. The number of hydrogen-bond acceptors (Lipinski definition) is 3. The van der Waals surface area contributed by atoms with Crippen LogP contribution in [-0.2, 0) is 22.4 Å². The molecule has 1 aliphatic carbocycles. The Labute approximate surface area is 136 Å². The molecule has 23 heavy (non-hydrogen) atoms. The van der Waals surface area contributed by atoms with E-state index in [-0.39, 0.29) is 17.9 Å². The van der Waals surface area contributed by atoms with Gasteiger partial charge in [0, 0.05) is 25.7 Å². The van der Waals surface area contributed by atoms with Crippen LogP contribution in [0.15, 0.2) is 18.2 Å². The fraction of sp³-hybridized carbons (Fsp3) is 0.556. The Morgan fingerprint density at radius 1 is 1.43 bits per heavy atom. The zero-order valence-corrected chi connectivity index (χ0v) is 13.5. The Hall–Kier alpha value is -1.88. The minimum absolute atomic E-state index is 0.0446. The lowest BCUT2D eigenvalue weighted by molar-refractivity contribution is -0.131. The summed E-state index contributed by atoms with van der Waals surface area (Å²) in [6.07, 6.45) is 4.34. The van der Waals surface area contributed by atoms with Crippen LogP contribution in [0.25, 0.3) is 0 Å². The van der Waals surface area contributed by atoms with E-state index in [0.717, 1.165) is 42.5 Å². The molecule has 0 spiro atoms. The molecular formula is C18H24N2O3. The summed E-state index contributed by atoms with van der Waals surface area (Å²) in [5.41, 5.74) is 3.11. The summed E-state index contributed by atoms with van der Waals surface area (Å²) in [5.74, 6) is 0.527. The molecule has 1 saturated carbocycles. The van der Waals surface area contributed by atoms with E-state index in [9.17, 15) is 14.7 Å². The number of hydrogen-bond donors (Lipinski definition) is 2. The van der Waals surface area contributed by atoms with Crippen molar-refractivity contribution in [2.75, 3.05) is 18.9 Å². The van der Waals surface area contributed by atoms with Crippen LogP contribution >= 0.6 is 0 Å². The van der Waals surface area contributed by atoms with Crippen LogP contribution in [0.2, 0.25) is 0 Å². The molecule has 2 N–H and O–H groups in total. The number of rotatable bonds is 7. The summed E-state index contributed by atoms with van der Waals surface area (Å²) < 4.78 is 0. The first-order valence-electron chi connectivity index (χ1n) is 8.36. The molecule has 1 fully saturated rings. The Morgan fingerprint density at radius 2 is 2.22 bits per heavy atom. The zero-order valence-electron chi connectivity index (χ0n) is 13.5. The number of nitrogens with one attached hydrogen (secondary N) is 1. The molecular weight excluding hydrogens is 292 g/mol. The van der Waals surface area contributed by atoms with Crippen molar-refractivity contribution >= 4 is 17.5 Å². The summed E-state index contributed by atoms with van der Waals surface area (Å²) in [6.45, 7) is 0.441. The van der Waals surface area contributed by atoms with Crippen molar-refractivity contribution in [2.45, 2.75) is 44.6 Å². The van der Waals surface area contributed by atoms with Crippen LogP contribution in [0, 0.1) is 5.92 Å². The first kappa shape index (κ1) is 16.0. The van der Waals surface area contributed by atoms with Crippen molar-refractivity contribution in [3.63, 3.8) is 0 Å². The maximum atomic E-state index is 12.1. The number of anilines is 1. The van der Waals surface area contributed by atoms with Crippen LogP contribution in [0.1, 0.15) is 36.8 Å². The fourth-order valence-corrected chi connectivity index (χ4v) is 3.09. The Kier molecular flexibility index (Phi) is 4.66. The van der Waals surface area contributed by atoms with Crippen molar-refractivity contribution in [3.8, 4) is 0 Å². The third-order valence-corrected chi connectivity index (χ3v) is 4.70. The Morgan fingerprint density at radius 3 is 2.96 bits per heavy atom. The van der Waals surface area contributed by atoms with E-state index >= 15 is 0 Å². The molecule has 0 aromatic heterocycles. The normalized spacial score (nSPS) is 17.6. The molecule has 2 aliphatic rings. The van der Waals surface area contributed by atoms with Gasteiger partial charge in [-0.25, -0.2) is 0 Å². The highest BCUT2D eigenvalue weighted by Gasteiger charge is 2.31. The lowest BCUT2D eigenvalue weighted by Crippen LogP contribution is -2.35. The van der Waals surface area contributed by atoms with Gasteiger partial charge in [-0.1, -0.05) is 12.1 Å². The predicted molar refractivity (Wildman–Crippen MR) is 88.1 cm³/mol. The van der Waals surface area contributed by atoms with Gasteiger partial charge >= 0.3 is 0 Å². The largest absolute Gasteiger partial charge is 0.391 e. The van der Waals surface area contributed by atoms with Gasteiger partial charge in [0.15, 0.2) is 0 Å². The minimum atomic E-state index is -0.370. The minimum Gasteiger partial charge on any atom is -0.391 e. The topological polar surface area (TPSA) is 69.6 Å². The van der Waals surface area contributed by atoms with E-state index in [1.807, 2.05) is 12.1 Å². The number of carbonyl (C=O) groups excluding carboxylic acids is 2.